The van der Waals surface area contributed by atoms with E-state index < -0.39 is 11.7 Å². The molecule has 0 atom stereocenters. The van der Waals surface area contributed by atoms with Crippen molar-refractivity contribution in [3.05, 3.63) is 29.5 Å². The maximum Gasteiger partial charge on any atom is 0.416 e. The maximum atomic E-state index is 12.5. The predicted molar refractivity (Wildman–Crippen MR) is 53.4 cm³/mol. The monoisotopic (exact) mass is 209 g/mol. The zero-order valence-corrected chi connectivity index (χ0v) is 7.94. The molecular formula is C10H7BF3N. The Morgan fingerprint density at radius 1 is 1.27 bits per heavy atom. The fourth-order valence-corrected chi connectivity index (χ4v) is 1.56. The third kappa shape index (κ3) is 1.62. The van der Waals surface area contributed by atoms with E-state index in [2.05, 4.69) is 4.98 Å². The highest BCUT2D eigenvalue weighted by Crippen LogP contribution is 2.31. The molecule has 76 valence electrons. The molecule has 1 N–H and O–H groups in total. The van der Waals surface area contributed by atoms with E-state index in [4.69, 9.17) is 7.85 Å². The van der Waals surface area contributed by atoms with Gasteiger partial charge in [-0.3, -0.25) is 0 Å². The first kappa shape index (κ1) is 10.1. The molecule has 2 rings (SSSR count). The van der Waals surface area contributed by atoms with Crippen molar-refractivity contribution in [3.8, 4) is 0 Å². The van der Waals surface area contributed by atoms with Crippen molar-refractivity contribution >= 4 is 24.2 Å². The number of aromatic nitrogens is 1. The lowest BCUT2D eigenvalue weighted by molar-refractivity contribution is -0.137. The number of fused-ring (bicyclic) bond motifs is 1. The lowest BCUT2D eigenvalue weighted by Gasteiger charge is -2.08. The maximum absolute atomic E-state index is 12.5. The van der Waals surface area contributed by atoms with Gasteiger partial charge >= 0.3 is 6.18 Å². The second-order valence-corrected chi connectivity index (χ2v) is 3.46. The van der Waals surface area contributed by atoms with E-state index in [-0.39, 0.29) is 5.46 Å². The molecule has 2 aromatic rings. The second kappa shape index (κ2) is 3.05. The Kier molecular flexibility index (Phi) is 2.06. The molecule has 0 unspecified atom stereocenters. The van der Waals surface area contributed by atoms with Crippen molar-refractivity contribution < 1.29 is 13.2 Å². The van der Waals surface area contributed by atoms with Gasteiger partial charge in [-0.15, -0.1) is 0 Å². The van der Waals surface area contributed by atoms with Crippen LogP contribution in [0.5, 0.6) is 0 Å². The second-order valence-electron chi connectivity index (χ2n) is 3.46. The summed E-state index contributed by atoms with van der Waals surface area (Å²) >= 11 is 0. The summed E-state index contributed by atoms with van der Waals surface area (Å²) in [6.07, 6.45) is -2.72. The Hall–Kier alpha value is -1.39. The smallest absolute Gasteiger partial charge is 0.361 e. The first-order valence-corrected chi connectivity index (χ1v) is 4.34. The van der Waals surface area contributed by atoms with E-state index in [1.807, 2.05) is 0 Å². The van der Waals surface area contributed by atoms with Crippen LogP contribution < -0.4 is 5.46 Å². The van der Waals surface area contributed by atoms with Crippen molar-refractivity contribution in [2.75, 3.05) is 0 Å². The van der Waals surface area contributed by atoms with Crippen LogP contribution in [0.3, 0.4) is 0 Å². The molecule has 0 saturated carbocycles. The number of H-pyrrole nitrogens is 1. The molecule has 1 aromatic heterocycles. The van der Waals surface area contributed by atoms with Crippen molar-refractivity contribution in [1.82, 2.24) is 4.98 Å². The average molecular weight is 209 g/mol. The number of hydrogen-bond acceptors (Lipinski definition) is 0. The van der Waals surface area contributed by atoms with Gasteiger partial charge in [-0.2, -0.15) is 13.2 Å². The molecule has 5 heteroatoms. The predicted octanol–water partition coefficient (Wildman–Crippen LogP) is 2.29. The minimum atomic E-state index is -4.36. The highest BCUT2D eigenvalue weighted by molar-refractivity contribution is 6.38. The molecule has 0 saturated heterocycles. The van der Waals surface area contributed by atoms with E-state index in [1.54, 1.807) is 13.1 Å². The van der Waals surface area contributed by atoms with Crippen LogP contribution in [-0.4, -0.2) is 12.8 Å². The van der Waals surface area contributed by atoms with Gasteiger partial charge in [-0.05, 0) is 18.6 Å². The summed E-state index contributed by atoms with van der Waals surface area (Å²) in [4.78, 5) is 2.84. The summed E-state index contributed by atoms with van der Waals surface area (Å²) in [6, 6.07) is 2.05. The number of rotatable bonds is 0. The highest BCUT2D eigenvalue weighted by Gasteiger charge is 2.31. The number of alkyl halides is 3. The van der Waals surface area contributed by atoms with E-state index in [0.717, 1.165) is 17.7 Å². The molecule has 1 aromatic carbocycles. The third-order valence-corrected chi connectivity index (χ3v) is 2.35. The fraction of sp³-hybridized carbons (Fsp3) is 0.200. The van der Waals surface area contributed by atoms with Crippen molar-refractivity contribution in [3.63, 3.8) is 0 Å². The molecule has 2 radical (unpaired) electrons. The first-order chi connectivity index (χ1) is 6.89. The molecule has 0 fully saturated rings. The number of benzene rings is 1. The van der Waals surface area contributed by atoms with Gasteiger partial charge in [-0.1, -0.05) is 11.5 Å². The van der Waals surface area contributed by atoms with E-state index >= 15 is 0 Å². The zero-order chi connectivity index (χ0) is 11.2. The number of halogens is 3. The number of aryl methyl sites for hydroxylation is 1. The van der Waals surface area contributed by atoms with E-state index in [9.17, 15) is 13.2 Å². The molecule has 0 spiro atoms. The normalized spacial score (nSPS) is 12.3. The Bertz CT molecular complexity index is 513. The highest BCUT2D eigenvalue weighted by atomic mass is 19.4. The van der Waals surface area contributed by atoms with Crippen LogP contribution in [0.1, 0.15) is 11.1 Å². The van der Waals surface area contributed by atoms with Gasteiger partial charge in [-0.25, -0.2) is 0 Å². The van der Waals surface area contributed by atoms with E-state index in [1.165, 1.54) is 0 Å². The molecule has 0 amide bonds. The lowest BCUT2D eigenvalue weighted by atomic mass is 9.91. The Labute approximate surface area is 85.7 Å². The Morgan fingerprint density at radius 2 is 1.93 bits per heavy atom. The van der Waals surface area contributed by atoms with Gasteiger partial charge in [0.1, 0.15) is 7.85 Å². The SMILES string of the molecule is [B]c1cc(C(F)(F)F)cc2c(C)c[nH]c12. The molecule has 15 heavy (non-hydrogen) atoms. The van der Waals surface area contributed by atoms with Crippen molar-refractivity contribution in [2.24, 2.45) is 0 Å². The third-order valence-electron chi connectivity index (χ3n) is 2.35. The van der Waals surface area contributed by atoms with Crippen LogP contribution in [0.15, 0.2) is 18.3 Å². The summed E-state index contributed by atoms with van der Waals surface area (Å²) in [5, 5.41) is 0.516. The van der Waals surface area contributed by atoms with Crippen molar-refractivity contribution in [2.45, 2.75) is 13.1 Å². The quantitative estimate of drug-likeness (QED) is 0.640. The molecule has 0 aliphatic carbocycles. The van der Waals surface area contributed by atoms with Crippen LogP contribution in [0.2, 0.25) is 0 Å². The van der Waals surface area contributed by atoms with Gasteiger partial charge < -0.3 is 4.98 Å². The van der Waals surface area contributed by atoms with E-state index in [0.29, 0.717) is 10.9 Å². The summed E-state index contributed by atoms with van der Waals surface area (Å²) in [6.45, 7) is 1.73. The Balaban J connectivity index is 2.76. The standard InChI is InChI=1S/C10H7BF3N/c1-5-4-15-9-7(5)2-6(3-8(9)11)10(12,13)14/h2-4,15H,1H3. The fourth-order valence-electron chi connectivity index (χ4n) is 1.56. The van der Waals surface area contributed by atoms with Gasteiger partial charge in [0.15, 0.2) is 0 Å². The molecule has 1 nitrogen and oxygen atoms in total. The minimum Gasteiger partial charge on any atom is -0.361 e. The summed E-state index contributed by atoms with van der Waals surface area (Å²) in [5.74, 6) is 0. The van der Waals surface area contributed by atoms with Gasteiger partial charge in [0.2, 0.25) is 0 Å². The minimum absolute atomic E-state index is 0.118. The molecule has 0 aliphatic heterocycles. The summed E-state index contributed by atoms with van der Waals surface area (Å²) in [7, 11) is 5.54. The summed E-state index contributed by atoms with van der Waals surface area (Å²) in [5.41, 5.74) is 0.714. The largest absolute Gasteiger partial charge is 0.416 e. The van der Waals surface area contributed by atoms with Crippen LogP contribution in [0.25, 0.3) is 10.9 Å². The summed E-state index contributed by atoms with van der Waals surface area (Å²) < 4.78 is 37.4. The number of hydrogen-bond donors (Lipinski definition) is 1. The number of aromatic amines is 1. The lowest BCUT2D eigenvalue weighted by Crippen LogP contribution is -2.12. The van der Waals surface area contributed by atoms with Gasteiger partial charge in [0, 0.05) is 17.1 Å². The molecule has 1 heterocycles. The van der Waals surface area contributed by atoms with Gasteiger partial charge in [0.05, 0.1) is 5.56 Å². The topological polar surface area (TPSA) is 15.8 Å². The molecular weight excluding hydrogens is 202 g/mol. The van der Waals surface area contributed by atoms with Gasteiger partial charge in [0.25, 0.3) is 0 Å². The van der Waals surface area contributed by atoms with Crippen LogP contribution in [0.4, 0.5) is 13.2 Å². The zero-order valence-electron chi connectivity index (χ0n) is 7.94. The van der Waals surface area contributed by atoms with Crippen LogP contribution >= 0.6 is 0 Å². The van der Waals surface area contributed by atoms with Crippen LogP contribution in [-0.2, 0) is 6.18 Å². The van der Waals surface area contributed by atoms with Crippen molar-refractivity contribution in [1.29, 1.82) is 0 Å². The van der Waals surface area contributed by atoms with Crippen LogP contribution in [0, 0.1) is 6.92 Å². The number of nitrogens with one attached hydrogen (secondary N) is 1. The first-order valence-electron chi connectivity index (χ1n) is 4.34. The Morgan fingerprint density at radius 3 is 2.53 bits per heavy atom. The molecule has 0 aliphatic rings. The average Bonchev–Trinajstić information content (AvgIpc) is 2.47. The molecule has 0 bridgehead atoms.